The first-order chi connectivity index (χ1) is 3.83. The first kappa shape index (κ1) is 6.56. The van der Waals surface area contributed by atoms with Crippen molar-refractivity contribution in [1.82, 2.24) is 4.90 Å². The minimum Gasteiger partial charge on any atom is -0.306 e. The molecule has 1 aliphatic rings. The molecule has 8 heavy (non-hydrogen) atoms. The smallest absolute Gasteiger partial charge is 0.00723 e. The molecule has 0 spiro atoms. The van der Waals surface area contributed by atoms with Crippen LogP contribution in [0.15, 0.2) is 0 Å². The van der Waals surface area contributed by atoms with Crippen LogP contribution >= 0.6 is 15.9 Å². The maximum absolute atomic E-state index is 3.48. The predicted octanol–water partition coefficient (Wildman–Crippen LogP) is 1.33. The SMILES string of the molecule is CN1CC[C@H](CBr)C1. The van der Waals surface area contributed by atoms with Crippen LogP contribution in [0.3, 0.4) is 0 Å². The van der Waals surface area contributed by atoms with Gasteiger partial charge in [0.2, 0.25) is 0 Å². The van der Waals surface area contributed by atoms with Crippen LogP contribution in [0, 0.1) is 5.92 Å². The molecule has 1 fully saturated rings. The van der Waals surface area contributed by atoms with E-state index < -0.39 is 0 Å². The molecule has 1 nitrogen and oxygen atoms in total. The molecule has 0 unspecified atom stereocenters. The Kier molecular flexibility index (Phi) is 2.32. The molecule has 0 aromatic rings. The summed E-state index contributed by atoms with van der Waals surface area (Å²) in [6.07, 6.45) is 1.38. The molecule has 0 saturated carbocycles. The van der Waals surface area contributed by atoms with Crippen LogP contribution in [-0.4, -0.2) is 30.4 Å². The average Bonchev–Trinajstić information content (AvgIpc) is 2.14. The second kappa shape index (κ2) is 2.83. The van der Waals surface area contributed by atoms with Crippen molar-refractivity contribution >= 4 is 15.9 Å². The summed E-state index contributed by atoms with van der Waals surface area (Å²) in [5.74, 6) is 0.917. The summed E-state index contributed by atoms with van der Waals surface area (Å²) >= 11 is 3.48. The number of halogens is 1. The topological polar surface area (TPSA) is 3.24 Å². The molecular weight excluding hydrogens is 166 g/mol. The third-order valence-corrected chi connectivity index (χ3v) is 2.62. The van der Waals surface area contributed by atoms with E-state index in [0.29, 0.717) is 0 Å². The maximum atomic E-state index is 3.48. The number of likely N-dealkylation sites (tertiary alicyclic amines) is 1. The molecule has 0 aromatic heterocycles. The van der Waals surface area contributed by atoms with Gasteiger partial charge in [0.1, 0.15) is 0 Å². The van der Waals surface area contributed by atoms with Gasteiger partial charge in [0.05, 0.1) is 0 Å². The van der Waals surface area contributed by atoms with Gasteiger partial charge in [-0.1, -0.05) is 15.9 Å². The largest absolute Gasteiger partial charge is 0.306 e. The molecule has 48 valence electrons. The zero-order valence-corrected chi connectivity index (χ0v) is 6.82. The van der Waals surface area contributed by atoms with Crippen molar-refractivity contribution in [3.8, 4) is 0 Å². The van der Waals surface area contributed by atoms with E-state index in [4.69, 9.17) is 0 Å². The second-order valence-electron chi connectivity index (χ2n) is 2.57. The molecule has 0 radical (unpaired) electrons. The summed E-state index contributed by atoms with van der Waals surface area (Å²) in [4.78, 5) is 2.38. The van der Waals surface area contributed by atoms with Crippen molar-refractivity contribution in [3.63, 3.8) is 0 Å². The molecule has 0 amide bonds. The summed E-state index contributed by atoms with van der Waals surface area (Å²) in [6.45, 7) is 2.57. The Morgan fingerprint density at radius 3 is 2.75 bits per heavy atom. The van der Waals surface area contributed by atoms with E-state index in [0.717, 1.165) is 5.92 Å². The number of alkyl halides is 1. The van der Waals surface area contributed by atoms with Crippen molar-refractivity contribution in [2.75, 3.05) is 25.5 Å². The molecule has 0 N–H and O–H groups in total. The van der Waals surface area contributed by atoms with Crippen LogP contribution in [0.5, 0.6) is 0 Å². The maximum Gasteiger partial charge on any atom is 0.00723 e. The van der Waals surface area contributed by atoms with Gasteiger partial charge in [-0.05, 0) is 25.9 Å². The molecule has 1 atom stereocenters. The third-order valence-electron chi connectivity index (χ3n) is 1.71. The van der Waals surface area contributed by atoms with E-state index in [2.05, 4.69) is 27.9 Å². The molecular formula is C6H12BrN. The molecule has 1 aliphatic heterocycles. The van der Waals surface area contributed by atoms with Gasteiger partial charge in [-0.2, -0.15) is 0 Å². The molecule has 1 heterocycles. The Labute approximate surface area is 59.2 Å². The van der Waals surface area contributed by atoms with E-state index in [-0.39, 0.29) is 0 Å². The highest BCUT2D eigenvalue weighted by atomic mass is 79.9. The first-order valence-corrected chi connectivity index (χ1v) is 4.19. The lowest BCUT2D eigenvalue weighted by Gasteiger charge is -2.05. The normalized spacial score (nSPS) is 31.5. The monoisotopic (exact) mass is 177 g/mol. The highest BCUT2D eigenvalue weighted by molar-refractivity contribution is 9.09. The van der Waals surface area contributed by atoms with Gasteiger partial charge in [0, 0.05) is 11.9 Å². The third kappa shape index (κ3) is 1.46. The first-order valence-electron chi connectivity index (χ1n) is 3.07. The van der Waals surface area contributed by atoms with Crippen molar-refractivity contribution in [2.24, 2.45) is 5.92 Å². The van der Waals surface area contributed by atoms with Gasteiger partial charge in [-0.25, -0.2) is 0 Å². The lowest BCUT2D eigenvalue weighted by Crippen LogP contribution is -2.14. The Morgan fingerprint density at radius 2 is 2.50 bits per heavy atom. The summed E-state index contributed by atoms with van der Waals surface area (Å²) in [7, 11) is 2.18. The Bertz CT molecular complexity index is 74.9. The summed E-state index contributed by atoms with van der Waals surface area (Å²) in [5.41, 5.74) is 0. The van der Waals surface area contributed by atoms with Crippen molar-refractivity contribution in [2.45, 2.75) is 6.42 Å². The fourth-order valence-corrected chi connectivity index (χ4v) is 1.68. The fourth-order valence-electron chi connectivity index (χ4n) is 1.15. The van der Waals surface area contributed by atoms with E-state index in [1.807, 2.05) is 0 Å². The van der Waals surface area contributed by atoms with Gasteiger partial charge in [0.15, 0.2) is 0 Å². The van der Waals surface area contributed by atoms with E-state index in [9.17, 15) is 0 Å². The molecule has 0 aromatic carbocycles. The Hall–Kier alpha value is 0.440. The Balaban J connectivity index is 2.22. The van der Waals surface area contributed by atoms with Crippen molar-refractivity contribution in [3.05, 3.63) is 0 Å². The highest BCUT2D eigenvalue weighted by Gasteiger charge is 2.17. The lowest BCUT2D eigenvalue weighted by atomic mass is 10.2. The van der Waals surface area contributed by atoms with Gasteiger partial charge in [-0.3, -0.25) is 0 Å². The van der Waals surface area contributed by atoms with Gasteiger partial charge in [-0.15, -0.1) is 0 Å². The average molecular weight is 178 g/mol. The predicted molar refractivity (Wildman–Crippen MR) is 39.4 cm³/mol. The summed E-state index contributed by atoms with van der Waals surface area (Å²) < 4.78 is 0. The number of rotatable bonds is 1. The van der Waals surface area contributed by atoms with Crippen LogP contribution in [-0.2, 0) is 0 Å². The van der Waals surface area contributed by atoms with Crippen molar-refractivity contribution < 1.29 is 0 Å². The zero-order valence-electron chi connectivity index (χ0n) is 5.23. The number of hydrogen-bond acceptors (Lipinski definition) is 1. The summed E-state index contributed by atoms with van der Waals surface area (Å²) in [6, 6.07) is 0. The van der Waals surface area contributed by atoms with E-state index in [1.165, 1.54) is 24.8 Å². The minimum atomic E-state index is 0.917. The number of nitrogens with zero attached hydrogens (tertiary/aromatic N) is 1. The van der Waals surface area contributed by atoms with Crippen LogP contribution < -0.4 is 0 Å². The standard InChI is InChI=1S/C6H12BrN/c1-8-3-2-6(4-7)5-8/h6H,2-5H2,1H3/t6-/m1/s1. The minimum absolute atomic E-state index is 0.917. The van der Waals surface area contributed by atoms with Crippen LogP contribution in [0.25, 0.3) is 0 Å². The second-order valence-corrected chi connectivity index (χ2v) is 3.22. The van der Waals surface area contributed by atoms with Gasteiger partial charge in [0.25, 0.3) is 0 Å². The number of hydrogen-bond donors (Lipinski definition) is 0. The Morgan fingerprint density at radius 1 is 1.75 bits per heavy atom. The summed E-state index contributed by atoms with van der Waals surface area (Å²) in [5, 5.41) is 1.18. The zero-order chi connectivity index (χ0) is 5.98. The van der Waals surface area contributed by atoms with Crippen LogP contribution in [0.2, 0.25) is 0 Å². The quantitative estimate of drug-likeness (QED) is 0.547. The van der Waals surface area contributed by atoms with E-state index >= 15 is 0 Å². The molecule has 1 saturated heterocycles. The van der Waals surface area contributed by atoms with Crippen LogP contribution in [0.4, 0.5) is 0 Å². The van der Waals surface area contributed by atoms with Gasteiger partial charge >= 0.3 is 0 Å². The van der Waals surface area contributed by atoms with Crippen LogP contribution in [0.1, 0.15) is 6.42 Å². The van der Waals surface area contributed by atoms with Crippen molar-refractivity contribution in [1.29, 1.82) is 0 Å². The lowest BCUT2D eigenvalue weighted by molar-refractivity contribution is 0.403. The fraction of sp³-hybridized carbons (Fsp3) is 1.00. The molecule has 2 heteroatoms. The van der Waals surface area contributed by atoms with E-state index in [1.54, 1.807) is 0 Å². The van der Waals surface area contributed by atoms with Gasteiger partial charge < -0.3 is 4.90 Å². The molecule has 0 bridgehead atoms. The highest BCUT2D eigenvalue weighted by Crippen LogP contribution is 2.15. The molecule has 1 rings (SSSR count). The molecule has 0 aliphatic carbocycles.